The largest absolute Gasteiger partial charge is 0.481 e. The lowest BCUT2D eigenvalue weighted by Crippen LogP contribution is -2.35. The van der Waals surface area contributed by atoms with Gasteiger partial charge in [-0.3, -0.25) is 4.79 Å². The summed E-state index contributed by atoms with van der Waals surface area (Å²) >= 11 is 0. The quantitative estimate of drug-likeness (QED) is 0.912. The number of aryl methyl sites for hydroxylation is 1. The van der Waals surface area contributed by atoms with Crippen molar-refractivity contribution in [2.24, 2.45) is 5.92 Å². The van der Waals surface area contributed by atoms with E-state index in [1.165, 1.54) is 4.90 Å². The van der Waals surface area contributed by atoms with Crippen molar-refractivity contribution in [3.8, 4) is 0 Å². The Bertz CT molecular complexity index is 559. The summed E-state index contributed by atoms with van der Waals surface area (Å²) in [6.07, 6.45) is -0.451. The minimum absolute atomic E-state index is 0.183. The fraction of sp³-hybridized carbons (Fsp3) is 0.529. The molecule has 2 atom stereocenters. The molecule has 1 aliphatic heterocycles. The van der Waals surface area contributed by atoms with E-state index in [1.807, 2.05) is 31.2 Å². The van der Waals surface area contributed by atoms with Gasteiger partial charge in [0.25, 0.3) is 0 Å². The molecule has 0 spiro atoms. The van der Waals surface area contributed by atoms with Gasteiger partial charge in [0.1, 0.15) is 5.60 Å². The molecule has 1 aliphatic rings. The molecule has 0 saturated carbocycles. The summed E-state index contributed by atoms with van der Waals surface area (Å²) in [6, 6.07) is 7.80. The number of benzene rings is 1. The number of aliphatic carboxylic acids is 1. The molecule has 1 saturated heterocycles. The maximum Gasteiger partial charge on any atom is 0.410 e. The van der Waals surface area contributed by atoms with E-state index in [9.17, 15) is 14.7 Å². The zero-order valence-electron chi connectivity index (χ0n) is 13.5. The van der Waals surface area contributed by atoms with Crippen molar-refractivity contribution < 1.29 is 19.4 Å². The van der Waals surface area contributed by atoms with Crippen molar-refractivity contribution in [1.82, 2.24) is 4.90 Å². The van der Waals surface area contributed by atoms with Crippen LogP contribution in [-0.2, 0) is 9.53 Å². The number of amides is 1. The number of nitrogens with zero attached hydrogens (tertiary/aromatic N) is 1. The first-order valence-electron chi connectivity index (χ1n) is 7.44. The monoisotopic (exact) mass is 305 g/mol. The number of likely N-dealkylation sites (tertiary alicyclic amines) is 1. The molecule has 0 aliphatic carbocycles. The summed E-state index contributed by atoms with van der Waals surface area (Å²) in [4.78, 5) is 25.2. The Balaban J connectivity index is 2.18. The Kier molecular flexibility index (Phi) is 4.44. The standard InChI is InChI=1S/C17H23NO4/c1-11-5-7-12(8-6-11)13-9-18(10-14(13)15(19)20)16(21)22-17(2,3)4/h5-8,13-14H,9-10H2,1-4H3,(H,19,20)/t13-,14-/m1/s1. The Morgan fingerprint density at radius 2 is 1.77 bits per heavy atom. The number of rotatable bonds is 2. The average molecular weight is 305 g/mol. The Hall–Kier alpha value is -2.04. The Morgan fingerprint density at radius 1 is 1.18 bits per heavy atom. The van der Waals surface area contributed by atoms with Crippen molar-refractivity contribution in [2.45, 2.75) is 39.2 Å². The molecule has 1 aromatic rings. The molecule has 5 nitrogen and oxygen atoms in total. The first kappa shape index (κ1) is 16.3. The summed E-state index contributed by atoms with van der Waals surface area (Å²) in [5, 5.41) is 9.45. The Labute approximate surface area is 130 Å². The molecule has 1 amide bonds. The van der Waals surface area contributed by atoms with Gasteiger partial charge in [0, 0.05) is 19.0 Å². The van der Waals surface area contributed by atoms with Crippen LogP contribution in [-0.4, -0.2) is 40.8 Å². The van der Waals surface area contributed by atoms with E-state index in [0.29, 0.717) is 6.54 Å². The molecule has 1 N–H and O–H groups in total. The third-order valence-electron chi connectivity index (χ3n) is 3.79. The van der Waals surface area contributed by atoms with E-state index in [-0.39, 0.29) is 12.5 Å². The van der Waals surface area contributed by atoms with Crippen LogP contribution in [0.2, 0.25) is 0 Å². The minimum atomic E-state index is -0.878. The van der Waals surface area contributed by atoms with Crippen LogP contribution >= 0.6 is 0 Å². The smallest absolute Gasteiger partial charge is 0.410 e. The Morgan fingerprint density at radius 3 is 2.27 bits per heavy atom. The van der Waals surface area contributed by atoms with Gasteiger partial charge in [-0.2, -0.15) is 0 Å². The zero-order chi connectivity index (χ0) is 16.5. The third kappa shape index (κ3) is 3.78. The molecule has 5 heteroatoms. The van der Waals surface area contributed by atoms with Gasteiger partial charge >= 0.3 is 12.1 Å². The lowest BCUT2D eigenvalue weighted by atomic mass is 9.89. The van der Waals surface area contributed by atoms with Crippen molar-refractivity contribution in [2.75, 3.05) is 13.1 Å². The predicted octanol–water partition coefficient (Wildman–Crippen LogP) is 3.03. The summed E-state index contributed by atoms with van der Waals surface area (Å²) in [5.74, 6) is -1.68. The summed E-state index contributed by atoms with van der Waals surface area (Å²) < 4.78 is 5.35. The van der Waals surface area contributed by atoms with Gasteiger partial charge in [0.15, 0.2) is 0 Å². The van der Waals surface area contributed by atoms with Crippen LogP contribution in [0.5, 0.6) is 0 Å². The number of ether oxygens (including phenoxy) is 1. The van der Waals surface area contributed by atoms with Crippen molar-refractivity contribution >= 4 is 12.1 Å². The van der Waals surface area contributed by atoms with Gasteiger partial charge in [-0.05, 0) is 33.3 Å². The number of carbonyl (C=O) groups excluding carboxylic acids is 1. The van der Waals surface area contributed by atoms with Crippen LogP contribution < -0.4 is 0 Å². The lowest BCUT2D eigenvalue weighted by Gasteiger charge is -2.24. The lowest BCUT2D eigenvalue weighted by molar-refractivity contribution is -0.141. The molecule has 0 bridgehead atoms. The second kappa shape index (κ2) is 5.99. The van der Waals surface area contributed by atoms with Crippen LogP contribution in [0, 0.1) is 12.8 Å². The second-order valence-corrected chi connectivity index (χ2v) is 6.85. The van der Waals surface area contributed by atoms with E-state index >= 15 is 0 Å². The maximum absolute atomic E-state index is 12.2. The van der Waals surface area contributed by atoms with Crippen molar-refractivity contribution in [3.05, 3.63) is 35.4 Å². The van der Waals surface area contributed by atoms with Crippen molar-refractivity contribution in [3.63, 3.8) is 0 Å². The zero-order valence-corrected chi connectivity index (χ0v) is 13.5. The average Bonchev–Trinajstić information content (AvgIpc) is 2.83. The van der Waals surface area contributed by atoms with E-state index in [1.54, 1.807) is 20.8 Å². The highest BCUT2D eigenvalue weighted by Crippen LogP contribution is 2.33. The molecule has 2 rings (SSSR count). The minimum Gasteiger partial charge on any atom is -0.481 e. The molecule has 120 valence electrons. The first-order chi connectivity index (χ1) is 10.2. The molecule has 1 heterocycles. The molecular weight excluding hydrogens is 282 g/mol. The molecule has 0 unspecified atom stereocenters. The molecule has 1 fully saturated rings. The number of hydrogen-bond acceptors (Lipinski definition) is 3. The van der Waals surface area contributed by atoms with Crippen molar-refractivity contribution in [1.29, 1.82) is 0 Å². The molecule has 22 heavy (non-hydrogen) atoms. The normalized spacial score (nSPS) is 21.7. The van der Waals surface area contributed by atoms with Crippen LogP contribution in [0.1, 0.15) is 37.8 Å². The van der Waals surface area contributed by atoms with E-state index in [2.05, 4.69) is 0 Å². The van der Waals surface area contributed by atoms with Gasteiger partial charge in [-0.25, -0.2) is 4.79 Å². The first-order valence-corrected chi connectivity index (χ1v) is 7.44. The van der Waals surface area contributed by atoms with Gasteiger partial charge in [0.2, 0.25) is 0 Å². The molecular formula is C17H23NO4. The summed E-state index contributed by atoms with van der Waals surface area (Å²) in [5.41, 5.74) is 1.49. The maximum atomic E-state index is 12.2. The highest BCUT2D eigenvalue weighted by molar-refractivity contribution is 5.76. The summed E-state index contributed by atoms with van der Waals surface area (Å²) in [6.45, 7) is 7.94. The number of hydrogen-bond donors (Lipinski definition) is 1. The SMILES string of the molecule is Cc1ccc([C@H]2CN(C(=O)OC(C)(C)C)C[C@H]2C(=O)O)cc1. The van der Waals surface area contributed by atoms with Gasteiger partial charge < -0.3 is 14.7 Å². The highest BCUT2D eigenvalue weighted by Gasteiger charge is 2.41. The van der Waals surface area contributed by atoms with Crippen LogP contribution in [0.25, 0.3) is 0 Å². The van der Waals surface area contributed by atoms with Gasteiger partial charge in [-0.1, -0.05) is 29.8 Å². The number of carboxylic acids is 1. The highest BCUT2D eigenvalue weighted by atomic mass is 16.6. The van der Waals surface area contributed by atoms with Gasteiger partial charge in [0.05, 0.1) is 5.92 Å². The van der Waals surface area contributed by atoms with E-state index in [4.69, 9.17) is 4.74 Å². The number of carbonyl (C=O) groups is 2. The predicted molar refractivity (Wildman–Crippen MR) is 82.9 cm³/mol. The molecule has 1 aromatic carbocycles. The molecule has 0 aromatic heterocycles. The van der Waals surface area contributed by atoms with Crippen LogP contribution in [0.3, 0.4) is 0 Å². The van der Waals surface area contributed by atoms with E-state index < -0.39 is 23.6 Å². The van der Waals surface area contributed by atoms with Crippen LogP contribution in [0.4, 0.5) is 4.79 Å². The summed E-state index contributed by atoms with van der Waals surface area (Å²) in [7, 11) is 0. The van der Waals surface area contributed by atoms with Crippen LogP contribution in [0.15, 0.2) is 24.3 Å². The fourth-order valence-corrected chi connectivity index (χ4v) is 2.68. The fourth-order valence-electron chi connectivity index (χ4n) is 2.68. The van der Waals surface area contributed by atoms with Gasteiger partial charge in [-0.15, -0.1) is 0 Å². The topological polar surface area (TPSA) is 66.8 Å². The van der Waals surface area contributed by atoms with E-state index in [0.717, 1.165) is 11.1 Å². The second-order valence-electron chi connectivity index (χ2n) is 6.85. The molecule has 0 radical (unpaired) electrons. The number of carboxylic acid groups (broad SMARTS) is 1. The third-order valence-corrected chi connectivity index (χ3v) is 3.79.